The average molecular weight is 271 g/mol. The van der Waals surface area contributed by atoms with E-state index in [9.17, 15) is 9.50 Å². The number of rotatable bonds is 3. The Balaban J connectivity index is 2.04. The van der Waals surface area contributed by atoms with E-state index in [0.29, 0.717) is 11.6 Å². The maximum atomic E-state index is 13.0. The summed E-state index contributed by atoms with van der Waals surface area (Å²) in [6.07, 6.45) is 4.74. The number of benzene rings is 1. The van der Waals surface area contributed by atoms with Crippen molar-refractivity contribution >= 4 is 0 Å². The molecule has 0 spiro atoms. The van der Waals surface area contributed by atoms with Gasteiger partial charge in [0.2, 0.25) is 0 Å². The number of aromatic nitrogens is 1. The summed E-state index contributed by atoms with van der Waals surface area (Å²) in [6.45, 7) is 1.73. The Morgan fingerprint density at radius 1 is 1.20 bits per heavy atom. The molecule has 1 aliphatic carbocycles. The van der Waals surface area contributed by atoms with Crippen molar-refractivity contribution in [2.75, 3.05) is 0 Å². The quantitative estimate of drug-likeness (QED) is 0.922. The molecule has 1 unspecified atom stereocenters. The summed E-state index contributed by atoms with van der Waals surface area (Å²) in [6, 6.07) is 10.8. The second kappa shape index (κ2) is 4.98. The summed E-state index contributed by atoms with van der Waals surface area (Å²) in [4.78, 5) is 4.05. The van der Waals surface area contributed by atoms with Crippen molar-refractivity contribution in [2.45, 2.75) is 37.7 Å². The van der Waals surface area contributed by atoms with Crippen LogP contribution >= 0.6 is 0 Å². The van der Waals surface area contributed by atoms with Crippen LogP contribution in [0.1, 0.15) is 48.9 Å². The molecular formula is C17H18FNO. The molecule has 0 radical (unpaired) electrons. The maximum absolute atomic E-state index is 13.0. The molecule has 0 aliphatic heterocycles. The highest BCUT2D eigenvalue weighted by Gasteiger charge is 2.33. The molecule has 1 fully saturated rings. The topological polar surface area (TPSA) is 33.1 Å². The zero-order chi connectivity index (χ0) is 14.2. The van der Waals surface area contributed by atoms with E-state index in [1.165, 1.54) is 30.9 Å². The van der Waals surface area contributed by atoms with Crippen LogP contribution in [-0.4, -0.2) is 10.1 Å². The van der Waals surface area contributed by atoms with E-state index < -0.39 is 11.4 Å². The highest BCUT2D eigenvalue weighted by atomic mass is 19.1. The lowest BCUT2D eigenvalue weighted by atomic mass is 9.75. The van der Waals surface area contributed by atoms with Gasteiger partial charge in [0.15, 0.2) is 0 Å². The zero-order valence-electron chi connectivity index (χ0n) is 11.5. The first-order valence-corrected chi connectivity index (χ1v) is 7.03. The normalized spacial score (nSPS) is 18.4. The molecule has 1 atom stereocenters. The number of hydrogen-bond acceptors (Lipinski definition) is 2. The lowest BCUT2D eigenvalue weighted by Crippen LogP contribution is -2.27. The van der Waals surface area contributed by atoms with E-state index in [1.807, 2.05) is 18.2 Å². The number of hydrogen-bond donors (Lipinski definition) is 1. The van der Waals surface area contributed by atoms with Gasteiger partial charge in [0.25, 0.3) is 0 Å². The first-order chi connectivity index (χ1) is 9.59. The second-order valence-electron chi connectivity index (χ2n) is 5.65. The van der Waals surface area contributed by atoms with E-state index in [4.69, 9.17) is 0 Å². The van der Waals surface area contributed by atoms with Crippen LogP contribution in [0.4, 0.5) is 4.39 Å². The molecule has 104 valence electrons. The van der Waals surface area contributed by atoms with Gasteiger partial charge in [-0.25, -0.2) is 4.39 Å². The Labute approximate surface area is 118 Å². The smallest absolute Gasteiger partial charge is 0.141 e. The molecule has 1 aromatic carbocycles. The van der Waals surface area contributed by atoms with Crippen LogP contribution in [0.5, 0.6) is 0 Å². The Hall–Kier alpha value is -1.74. The fourth-order valence-electron chi connectivity index (χ4n) is 2.82. The summed E-state index contributed by atoms with van der Waals surface area (Å²) in [7, 11) is 0. The first kappa shape index (κ1) is 13.3. The lowest BCUT2D eigenvalue weighted by Gasteiger charge is -2.33. The number of halogens is 1. The first-order valence-electron chi connectivity index (χ1n) is 7.03. The third kappa shape index (κ3) is 2.22. The van der Waals surface area contributed by atoms with Gasteiger partial charge in [-0.1, -0.05) is 30.7 Å². The van der Waals surface area contributed by atoms with Crippen LogP contribution < -0.4 is 0 Å². The van der Waals surface area contributed by atoms with Gasteiger partial charge in [0.1, 0.15) is 11.4 Å². The standard InChI is InChI=1S/C17H18FNO/c1-17(20,16-10-9-13(18)11-19-16)15-8-3-2-7-14(15)12-5-4-6-12/h2-3,7-12,20H,4-6H2,1H3. The van der Waals surface area contributed by atoms with E-state index in [1.54, 1.807) is 13.0 Å². The van der Waals surface area contributed by atoms with Crippen molar-refractivity contribution < 1.29 is 9.50 Å². The molecule has 1 aromatic heterocycles. The number of nitrogens with zero attached hydrogens (tertiary/aromatic N) is 1. The summed E-state index contributed by atoms with van der Waals surface area (Å²) in [5.74, 6) is 0.134. The third-order valence-corrected chi connectivity index (χ3v) is 4.26. The maximum Gasteiger partial charge on any atom is 0.141 e. The Bertz CT molecular complexity index is 603. The SMILES string of the molecule is CC(O)(c1ccc(F)cn1)c1ccccc1C1CCC1. The Morgan fingerprint density at radius 3 is 2.55 bits per heavy atom. The minimum absolute atomic E-state index is 0.392. The molecule has 1 heterocycles. The molecule has 2 nitrogen and oxygen atoms in total. The van der Waals surface area contributed by atoms with Crippen LogP contribution in [0.2, 0.25) is 0 Å². The van der Waals surface area contributed by atoms with Crippen LogP contribution in [-0.2, 0) is 5.60 Å². The van der Waals surface area contributed by atoms with Crippen molar-refractivity contribution in [3.8, 4) is 0 Å². The van der Waals surface area contributed by atoms with E-state index in [0.717, 1.165) is 11.8 Å². The highest BCUT2D eigenvalue weighted by Crippen LogP contribution is 2.42. The van der Waals surface area contributed by atoms with Gasteiger partial charge in [-0.15, -0.1) is 0 Å². The van der Waals surface area contributed by atoms with Crippen molar-refractivity contribution in [3.05, 3.63) is 65.2 Å². The van der Waals surface area contributed by atoms with Crippen LogP contribution in [0.15, 0.2) is 42.6 Å². The molecule has 20 heavy (non-hydrogen) atoms. The molecule has 3 heteroatoms. The lowest BCUT2D eigenvalue weighted by molar-refractivity contribution is 0.0951. The van der Waals surface area contributed by atoms with E-state index >= 15 is 0 Å². The van der Waals surface area contributed by atoms with Crippen LogP contribution in [0, 0.1) is 5.82 Å². The second-order valence-corrected chi connectivity index (χ2v) is 5.65. The third-order valence-electron chi connectivity index (χ3n) is 4.26. The number of pyridine rings is 1. The van der Waals surface area contributed by atoms with Gasteiger partial charge >= 0.3 is 0 Å². The molecule has 1 N–H and O–H groups in total. The van der Waals surface area contributed by atoms with Crippen molar-refractivity contribution in [1.29, 1.82) is 0 Å². The number of aliphatic hydroxyl groups is 1. The molecule has 3 rings (SSSR count). The Kier molecular flexibility index (Phi) is 3.30. The van der Waals surface area contributed by atoms with Crippen molar-refractivity contribution in [1.82, 2.24) is 4.98 Å². The Morgan fingerprint density at radius 2 is 1.95 bits per heavy atom. The summed E-state index contributed by atoms with van der Waals surface area (Å²) < 4.78 is 13.0. The fraction of sp³-hybridized carbons (Fsp3) is 0.353. The van der Waals surface area contributed by atoms with Crippen LogP contribution in [0.25, 0.3) is 0 Å². The minimum Gasteiger partial charge on any atom is -0.379 e. The van der Waals surface area contributed by atoms with Gasteiger partial charge < -0.3 is 5.11 Å². The molecule has 0 amide bonds. The molecule has 1 aliphatic rings. The molecule has 0 saturated heterocycles. The molecule has 0 bridgehead atoms. The zero-order valence-corrected chi connectivity index (χ0v) is 11.5. The summed E-state index contributed by atoms with van der Waals surface area (Å²) in [5, 5.41) is 10.9. The fourth-order valence-corrected chi connectivity index (χ4v) is 2.82. The average Bonchev–Trinajstić information content (AvgIpc) is 2.38. The highest BCUT2D eigenvalue weighted by molar-refractivity contribution is 5.40. The van der Waals surface area contributed by atoms with Crippen LogP contribution in [0.3, 0.4) is 0 Å². The van der Waals surface area contributed by atoms with E-state index in [2.05, 4.69) is 11.1 Å². The minimum atomic E-state index is -1.19. The van der Waals surface area contributed by atoms with Gasteiger partial charge in [-0.05, 0) is 48.9 Å². The predicted molar refractivity (Wildman–Crippen MR) is 75.9 cm³/mol. The van der Waals surface area contributed by atoms with Gasteiger partial charge in [0, 0.05) is 0 Å². The summed E-state index contributed by atoms with van der Waals surface area (Å²) >= 11 is 0. The van der Waals surface area contributed by atoms with E-state index in [-0.39, 0.29) is 0 Å². The molecule has 1 saturated carbocycles. The van der Waals surface area contributed by atoms with Gasteiger partial charge in [-0.3, -0.25) is 4.98 Å². The largest absolute Gasteiger partial charge is 0.379 e. The predicted octanol–water partition coefficient (Wildman–Crippen LogP) is 3.74. The van der Waals surface area contributed by atoms with Crippen molar-refractivity contribution in [2.24, 2.45) is 0 Å². The molecule has 2 aromatic rings. The molecular weight excluding hydrogens is 253 g/mol. The summed E-state index contributed by atoms with van der Waals surface area (Å²) in [5.41, 5.74) is 1.35. The monoisotopic (exact) mass is 271 g/mol. The van der Waals surface area contributed by atoms with Gasteiger partial charge in [0.05, 0.1) is 11.9 Å². The van der Waals surface area contributed by atoms with Gasteiger partial charge in [-0.2, -0.15) is 0 Å². The van der Waals surface area contributed by atoms with Crippen molar-refractivity contribution in [3.63, 3.8) is 0 Å².